The van der Waals surface area contributed by atoms with Crippen molar-refractivity contribution in [2.45, 2.75) is 31.6 Å². The second-order valence-electron chi connectivity index (χ2n) is 5.87. The van der Waals surface area contributed by atoms with E-state index in [1.165, 1.54) is 3.97 Å². The van der Waals surface area contributed by atoms with E-state index in [0.29, 0.717) is 4.90 Å². The van der Waals surface area contributed by atoms with Gasteiger partial charge < -0.3 is 0 Å². The van der Waals surface area contributed by atoms with Crippen molar-refractivity contribution in [3.63, 3.8) is 0 Å². The van der Waals surface area contributed by atoms with Gasteiger partial charge in [-0.15, -0.1) is 0 Å². The van der Waals surface area contributed by atoms with Crippen LogP contribution in [0.25, 0.3) is 10.9 Å². The number of aryl methyl sites for hydroxylation is 1. The van der Waals surface area contributed by atoms with Crippen LogP contribution in [0, 0.1) is 6.92 Å². The van der Waals surface area contributed by atoms with Crippen molar-refractivity contribution >= 4 is 20.9 Å². The van der Waals surface area contributed by atoms with Gasteiger partial charge in [-0.25, -0.2) is 12.4 Å². The van der Waals surface area contributed by atoms with Gasteiger partial charge in [-0.05, 0) is 37.1 Å². The summed E-state index contributed by atoms with van der Waals surface area (Å²) in [5, 5.41) is 0.946. The second-order valence-corrected chi connectivity index (χ2v) is 7.65. The Morgan fingerprint density at radius 3 is 2.23 bits per heavy atom. The highest BCUT2D eigenvalue weighted by Crippen LogP contribution is 2.29. The third-order valence-electron chi connectivity index (χ3n) is 3.84. The van der Waals surface area contributed by atoms with Crippen LogP contribution in [0.5, 0.6) is 0 Å². The van der Waals surface area contributed by atoms with E-state index >= 15 is 0 Å². The summed E-state index contributed by atoms with van der Waals surface area (Å²) in [6.45, 7) is 5.96. The first-order valence-corrected chi connectivity index (χ1v) is 8.78. The van der Waals surface area contributed by atoms with E-state index in [4.69, 9.17) is 0 Å². The van der Waals surface area contributed by atoms with Crippen LogP contribution in [-0.2, 0) is 10.0 Å². The van der Waals surface area contributed by atoms with Gasteiger partial charge in [0.25, 0.3) is 10.0 Å². The topological polar surface area (TPSA) is 39.1 Å². The molecular weight excluding hydrogens is 294 g/mol. The molecule has 1 aromatic heterocycles. The van der Waals surface area contributed by atoms with E-state index in [9.17, 15) is 8.42 Å². The number of hydrogen-bond acceptors (Lipinski definition) is 2. The Labute approximate surface area is 131 Å². The van der Waals surface area contributed by atoms with Crippen LogP contribution in [0.4, 0.5) is 0 Å². The maximum Gasteiger partial charge on any atom is 0.268 e. The molecule has 0 unspecified atom stereocenters. The van der Waals surface area contributed by atoms with E-state index in [1.54, 1.807) is 12.1 Å². The summed E-state index contributed by atoms with van der Waals surface area (Å²) in [7, 11) is -3.60. The lowest BCUT2D eigenvalue weighted by molar-refractivity contribution is 0.585. The smallest absolute Gasteiger partial charge is 0.238 e. The van der Waals surface area contributed by atoms with Crippen molar-refractivity contribution in [2.75, 3.05) is 0 Å². The summed E-state index contributed by atoms with van der Waals surface area (Å²) >= 11 is 0. The zero-order valence-electron chi connectivity index (χ0n) is 12.9. The number of hydrogen-bond donors (Lipinski definition) is 0. The fraction of sp³-hybridized carbons (Fsp3) is 0.222. The first-order valence-electron chi connectivity index (χ1n) is 7.34. The first kappa shape index (κ1) is 14.9. The number of aromatic nitrogens is 1. The van der Waals surface area contributed by atoms with Crippen LogP contribution < -0.4 is 0 Å². The number of para-hydroxylation sites is 1. The van der Waals surface area contributed by atoms with Crippen molar-refractivity contribution in [3.8, 4) is 0 Å². The van der Waals surface area contributed by atoms with Gasteiger partial charge in [0, 0.05) is 11.1 Å². The zero-order valence-corrected chi connectivity index (χ0v) is 13.8. The minimum Gasteiger partial charge on any atom is -0.238 e. The van der Waals surface area contributed by atoms with Gasteiger partial charge in [0.15, 0.2) is 0 Å². The first-order chi connectivity index (χ1) is 10.4. The van der Waals surface area contributed by atoms with Crippen molar-refractivity contribution in [2.24, 2.45) is 0 Å². The standard InChI is InChI=1S/C18H19NO2S/c1-13(2)18-12-15-6-4-5-7-17(15)19(18)22(20,21)16-10-8-14(3)9-11-16/h4-13H,1-3H3. The lowest BCUT2D eigenvalue weighted by atomic mass is 10.1. The highest BCUT2D eigenvalue weighted by atomic mass is 32.2. The Kier molecular flexibility index (Phi) is 3.57. The van der Waals surface area contributed by atoms with E-state index < -0.39 is 10.0 Å². The zero-order chi connectivity index (χ0) is 15.9. The van der Waals surface area contributed by atoms with Gasteiger partial charge in [-0.3, -0.25) is 0 Å². The monoisotopic (exact) mass is 313 g/mol. The van der Waals surface area contributed by atoms with Crippen LogP contribution >= 0.6 is 0 Å². The van der Waals surface area contributed by atoms with Crippen LogP contribution in [0.2, 0.25) is 0 Å². The molecule has 0 radical (unpaired) electrons. The van der Waals surface area contributed by atoms with Crippen LogP contribution in [0.1, 0.15) is 31.0 Å². The molecule has 0 spiro atoms. The van der Waals surface area contributed by atoms with Crippen molar-refractivity contribution < 1.29 is 8.42 Å². The molecule has 0 atom stereocenters. The molecule has 0 aliphatic rings. The molecule has 22 heavy (non-hydrogen) atoms. The molecule has 2 aromatic carbocycles. The van der Waals surface area contributed by atoms with Gasteiger partial charge in [0.2, 0.25) is 0 Å². The molecule has 0 fully saturated rings. The Hall–Kier alpha value is -2.07. The summed E-state index contributed by atoms with van der Waals surface area (Å²) in [5.41, 5.74) is 2.58. The number of nitrogens with zero attached hydrogens (tertiary/aromatic N) is 1. The summed E-state index contributed by atoms with van der Waals surface area (Å²) in [6.07, 6.45) is 0. The third kappa shape index (κ3) is 2.33. The molecule has 0 N–H and O–H groups in total. The molecule has 1 heterocycles. The minimum absolute atomic E-state index is 0.118. The van der Waals surface area contributed by atoms with Gasteiger partial charge in [-0.1, -0.05) is 49.7 Å². The van der Waals surface area contributed by atoms with Crippen molar-refractivity contribution in [3.05, 3.63) is 65.9 Å². The van der Waals surface area contributed by atoms with Gasteiger partial charge in [0.05, 0.1) is 10.4 Å². The fourth-order valence-corrected chi connectivity index (χ4v) is 4.29. The highest BCUT2D eigenvalue weighted by molar-refractivity contribution is 7.90. The minimum atomic E-state index is -3.60. The predicted octanol–water partition coefficient (Wildman–Crippen LogP) is 4.31. The number of rotatable bonds is 3. The quantitative estimate of drug-likeness (QED) is 0.723. The average Bonchev–Trinajstić information content (AvgIpc) is 2.88. The van der Waals surface area contributed by atoms with Gasteiger partial charge in [0.1, 0.15) is 0 Å². The molecule has 0 aliphatic heterocycles. The van der Waals surface area contributed by atoms with Crippen LogP contribution in [0.3, 0.4) is 0 Å². The molecule has 3 rings (SSSR count). The molecule has 0 saturated heterocycles. The Balaban J connectivity index is 2.32. The Morgan fingerprint density at radius 2 is 1.59 bits per heavy atom. The summed E-state index contributed by atoms with van der Waals surface area (Å²) in [5.74, 6) is 0.118. The molecule has 0 bridgehead atoms. The lowest BCUT2D eigenvalue weighted by Crippen LogP contribution is -2.16. The molecular formula is C18H19NO2S. The maximum atomic E-state index is 13.1. The van der Waals surface area contributed by atoms with E-state index in [0.717, 1.165) is 22.2 Å². The molecule has 114 valence electrons. The van der Waals surface area contributed by atoms with Crippen molar-refractivity contribution in [1.82, 2.24) is 3.97 Å². The lowest BCUT2D eigenvalue weighted by Gasteiger charge is -2.14. The third-order valence-corrected chi connectivity index (χ3v) is 5.60. The van der Waals surface area contributed by atoms with Gasteiger partial charge >= 0.3 is 0 Å². The summed E-state index contributed by atoms with van der Waals surface area (Å²) in [6, 6.07) is 16.6. The molecule has 4 heteroatoms. The second kappa shape index (κ2) is 5.29. The molecule has 0 amide bonds. The molecule has 0 aliphatic carbocycles. The Bertz CT molecular complexity index is 919. The van der Waals surface area contributed by atoms with Crippen LogP contribution in [-0.4, -0.2) is 12.4 Å². The van der Waals surface area contributed by atoms with E-state index in [1.807, 2.05) is 63.2 Å². The number of fused-ring (bicyclic) bond motifs is 1. The van der Waals surface area contributed by atoms with Crippen molar-refractivity contribution in [1.29, 1.82) is 0 Å². The number of benzene rings is 2. The normalized spacial score (nSPS) is 12.2. The molecule has 3 aromatic rings. The average molecular weight is 313 g/mol. The maximum absolute atomic E-state index is 13.1. The molecule has 3 nitrogen and oxygen atoms in total. The molecule has 0 saturated carbocycles. The SMILES string of the molecule is Cc1ccc(S(=O)(=O)n2c(C(C)C)cc3ccccc32)cc1. The van der Waals surface area contributed by atoms with Crippen LogP contribution in [0.15, 0.2) is 59.5 Å². The van der Waals surface area contributed by atoms with E-state index in [-0.39, 0.29) is 5.92 Å². The Morgan fingerprint density at radius 1 is 0.955 bits per heavy atom. The van der Waals surface area contributed by atoms with E-state index in [2.05, 4.69) is 0 Å². The highest BCUT2D eigenvalue weighted by Gasteiger charge is 2.23. The summed E-state index contributed by atoms with van der Waals surface area (Å²) < 4.78 is 27.7. The fourth-order valence-electron chi connectivity index (χ4n) is 2.64. The largest absolute Gasteiger partial charge is 0.268 e. The van der Waals surface area contributed by atoms with Gasteiger partial charge in [-0.2, -0.15) is 0 Å². The summed E-state index contributed by atoms with van der Waals surface area (Å²) in [4.78, 5) is 0.321. The predicted molar refractivity (Wildman–Crippen MR) is 89.8 cm³/mol.